The topological polar surface area (TPSA) is 20.2 Å². The minimum Gasteiger partial charge on any atom is -0.395 e. The lowest BCUT2D eigenvalue weighted by Crippen LogP contribution is -1.79. The molecular formula is C16H16OS2. The van der Waals surface area contributed by atoms with Gasteiger partial charge in [-0.25, -0.2) is 0 Å². The van der Waals surface area contributed by atoms with Crippen LogP contribution in [-0.2, 0) is 5.75 Å². The summed E-state index contributed by atoms with van der Waals surface area (Å²) < 4.78 is 0. The lowest BCUT2D eigenvalue weighted by Gasteiger charge is -2.03. The van der Waals surface area contributed by atoms with Gasteiger partial charge in [-0.05, 0) is 24.6 Å². The van der Waals surface area contributed by atoms with Crippen LogP contribution in [0.1, 0.15) is 22.4 Å². The fourth-order valence-electron chi connectivity index (χ4n) is 1.61. The molecule has 98 valence electrons. The minimum atomic E-state index is 0.132. The molecule has 1 heterocycles. The number of rotatable bonds is 4. The number of thiophene rings is 1. The van der Waals surface area contributed by atoms with E-state index < -0.39 is 0 Å². The Labute approximate surface area is 122 Å². The molecule has 1 aromatic heterocycles. The van der Waals surface area contributed by atoms with Gasteiger partial charge in [-0.15, -0.1) is 23.1 Å². The van der Waals surface area contributed by atoms with Crippen molar-refractivity contribution >= 4 is 23.1 Å². The zero-order valence-corrected chi connectivity index (χ0v) is 12.5. The first-order valence-electron chi connectivity index (χ1n) is 6.15. The third kappa shape index (κ3) is 4.43. The van der Waals surface area contributed by atoms with Crippen LogP contribution in [0.25, 0.3) is 0 Å². The first-order valence-corrected chi connectivity index (χ1v) is 8.01. The van der Waals surface area contributed by atoms with Gasteiger partial charge in [0.2, 0.25) is 0 Å². The molecule has 0 fully saturated rings. The van der Waals surface area contributed by atoms with Gasteiger partial charge in [-0.2, -0.15) is 0 Å². The van der Waals surface area contributed by atoms with E-state index in [9.17, 15) is 0 Å². The largest absolute Gasteiger partial charge is 0.395 e. The molecule has 0 amide bonds. The summed E-state index contributed by atoms with van der Waals surface area (Å²) in [6, 6.07) is 10.6. The highest BCUT2D eigenvalue weighted by Crippen LogP contribution is 2.28. The summed E-state index contributed by atoms with van der Waals surface area (Å²) >= 11 is 3.61. The molecule has 1 aromatic carbocycles. The zero-order chi connectivity index (χ0) is 13.5. The molecule has 2 rings (SSSR count). The summed E-state index contributed by atoms with van der Waals surface area (Å²) in [6.45, 7) is 2.27. The van der Waals surface area contributed by atoms with E-state index in [2.05, 4.69) is 54.5 Å². The SMILES string of the molecule is Cc1ccccc1SCc1cc(C#CCCO)cs1. The van der Waals surface area contributed by atoms with Crippen LogP contribution in [0, 0.1) is 18.8 Å². The molecule has 0 aliphatic heterocycles. The zero-order valence-electron chi connectivity index (χ0n) is 10.8. The first kappa shape index (κ1) is 14.2. The summed E-state index contributed by atoms with van der Waals surface area (Å²) in [5.41, 5.74) is 2.38. The lowest BCUT2D eigenvalue weighted by molar-refractivity contribution is 0.305. The maximum absolute atomic E-state index is 8.68. The van der Waals surface area contributed by atoms with Crippen LogP contribution >= 0.6 is 23.1 Å². The van der Waals surface area contributed by atoms with E-state index in [0.717, 1.165) is 11.3 Å². The molecule has 0 saturated heterocycles. The third-order valence-electron chi connectivity index (χ3n) is 2.59. The Balaban J connectivity index is 1.94. The van der Waals surface area contributed by atoms with E-state index in [1.54, 1.807) is 11.3 Å². The normalized spacial score (nSPS) is 10.0. The number of benzene rings is 1. The van der Waals surface area contributed by atoms with E-state index >= 15 is 0 Å². The van der Waals surface area contributed by atoms with Gasteiger partial charge in [0, 0.05) is 32.9 Å². The molecule has 1 nitrogen and oxygen atoms in total. The molecule has 0 bridgehead atoms. The maximum Gasteiger partial charge on any atom is 0.0540 e. The van der Waals surface area contributed by atoms with Crippen molar-refractivity contribution in [1.82, 2.24) is 0 Å². The van der Waals surface area contributed by atoms with Gasteiger partial charge in [0.15, 0.2) is 0 Å². The average Bonchev–Trinajstić information content (AvgIpc) is 2.86. The van der Waals surface area contributed by atoms with Crippen molar-refractivity contribution < 1.29 is 5.11 Å². The highest BCUT2D eigenvalue weighted by atomic mass is 32.2. The van der Waals surface area contributed by atoms with Gasteiger partial charge < -0.3 is 5.11 Å². The molecule has 2 aromatic rings. The molecule has 1 N–H and O–H groups in total. The van der Waals surface area contributed by atoms with Crippen molar-refractivity contribution in [1.29, 1.82) is 0 Å². The molecule has 3 heteroatoms. The van der Waals surface area contributed by atoms with Crippen molar-refractivity contribution in [2.45, 2.75) is 24.0 Å². The highest BCUT2D eigenvalue weighted by Gasteiger charge is 2.01. The van der Waals surface area contributed by atoms with E-state index in [4.69, 9.17) is 5.11 Å². The maximum atomic E-state index is 8.68. The molecule has 19 heavy (non-hydrogen) atoms. The Bertz CT molecular complexity index is 590. The van der Waals surface area contributed by atoms with Gasteiger partial charge in [-0.3, -0.25) is 0 Å². The van der Waals surface area contributed by atoms with Crippen molar-refractivity contribution in [2.75, 3.05) is 6.61 Å². The second kappa shape index (κ2) is 7.40. The minimum absolute atomic E-state index is 0.132. The van der Waals surface area contributed by atoms with E-state index in [1.807, 2.05) is 11.8 Å². The van der Waals surface area contributed by atoms with Crippen LogP contribution in [0.15, 0.2) is 40.6 Å². The summed E-state index contributed by atoms with van der Waals surface area (Å²) in [5, 5.41) is 10.8. The van der Waals surface area contributed by atoms with Crippen molar-refractivity contribution in [2.24, 2.45) is 0 Å². The fourth-order valence-corrected chi connectivity index (χ4v) is 3.51. The van der Waals surface area contributed by atoms with Crippen LogP contribution < -0.4 is 0 Å². The summed E-state index contributed by atoms with van der Waals surface area (Å²) in [4.78, 5) is 2.67. The molecule has 0 atom stereocenters. The molecular weight excluding hydrogens is 272 g/mol. The summed E-state index contributed by atoms with van der Waals surface area (Å²) in [7, 11) is 0. The van der Waals surface area contributed by atoms with Gasteiger partial charge in [-0.1, -0.05) is 30.0 Å². The predicted molar refractivity (Wildman–Crippen MR) is 83.6 cm³/mol. The van der Waals surface area contributed by atoms with Crippen molar-refractivity contribution in [3.05, 3.63) is 51.7 Å². The highest BCUT2D eigenvalue weighted by molar-refractivity contribution is 7.98. The Morgan fingerprint density at radius 2 is 2.16 bits per heavy atom. The Kier molecular flexibility index (Phi) is 5.53. The number of hydrogen-bond acceptors (Lipinski definition) is 3. The van der Waals surface area contributed by atoms with Crippen LogP contribution in [0.5, 0.6) is 0 Å². The molecule has 0 radical (unpaired) electrons. The number of aryl methyl sites for hydroxylation is 1. The molecule has 0 unspecified atom stereocenters. The van der Waals surface area contributed by atoms with Crippen LogP contribution in [0.2, 0.25) is 0 Å². The quantitative estimate of drug-likeness (QED) is 0.675. The van der Waals surface area contributed by atoms with Crippen LogP contribution in [0.3, 0.4) is 0 Å². The monoisotopic (exact) mass is 288 g/mol. The van der Waals surface area contributed by atoms with Crippen LogP contribution in [-0.4, -0.2) is 11.7 Å². The smallest absolute Gasteiger partial charge is 0.0540 e. The molecule has 0 aliphatic rings. The molecule has 0 spiro atoms. The summed E-state index contributed by atoms with van der Waals surface area (Å²) in [5.74, 6) is 7.00. The number of aliphatic hydroxyl groups is 1. The van der Waals surface area contributed by atoms with Gasteiger partial charge in [0.1, 0.15) is 0 Å². The second-order valence-corrected chi connectivity index (χ2v) is 6.14. The molecule has 0 saturated carbocycles. The fraction of sp³-hybridized carbons (Fsp3) is 0.250. The average molecular weight is 288 g/mol. The van der Waals surface area contributed by atoms with E-state index in [-0.39, 0.29) is 6.61 Å². The van der Waals surface area contributed by atoms with Crippen molar-refractivity contribution in [3.63, 3.8) is 0 Å². The second-order valence-electron chi connectivity index (χ2n) is 4.13. The number of aliphatic hydroxyl groups excluding tert-OH is 1. The van der Waals surface area contributed by atoms with E-state index in [0.29, 0.717) is 6.42 Å². The van der Waals surface area contributed by atoms with Crippen molar-refractivity contribution in [3.8, 4) is 11.8 Å². The lowest BCUT2D eigenvalue weighted by atomic mass is 10.2. The van der Waals surface area contributed by atoms with Gasteiger partial charge >= 0.3 is 0 Å². The molecule has 0 aliphatic carbocycles. The van der Waals surface area contributed by atoms with Gasteiger partial charge in [0.25, 0.3) is 0 Å². The predicted octanol–water partition coefficient (Wildman–Crippen LogP) is 4.08. The number of thioether (sulfide) groups is 1. The number of hydrogen-bond donors (Lipinski definition) is 1. The first-order chi connectivity index (χ1) is 9.29. The standard InChI is InChI=1S/C16H16OS2/c1-13-6-2-3-8-16(13)19-12-15-10-14(11-18-15)7-4-5-9-17/h2-3,6,8,10-11,17H,5,9,12H2,1H3. The van der Waals surface area contributed by atoms with Gasteiger partial charge in [0.05, 0.1) is 6.61 Å². The van der Waals surface area contributed by atoms with Crippen LogP contribution in [0.4, 0.5) is 0 Å². The Morgan fingerprint density at radius 1 is 1.32 bits per heavy atom. The van der Waals surface area contributed by atoms with E-state index in [1.165, 1.54) is 15.3 Å². The third-order valence-corrected chi connectivity index (χ3v) is 4.93. The Morgan fingerprint density at radius 3 is 2.95 bits per heavy atom. The summed E-state index contributed by atoms with van der Waals surface area (Å²) in [6.07, 6.45) is 0.545. The Hall–Kier alpha value is -1.21.